The van der Waals surface area contributed by atoms with Crippen molar-refractivity contribution in [1.29, 1.82) is 0 Å². The maximum Gasteiger partial charge on any atom is 0.322 e. The molecule has 5 rings (SSSR count). The molecule has 3 N–H and O–H groups in total. The fourth-order valence-electron chi connectivity index (χ4n) is 4.94. The molecule has 3 aliphatic rings. The van der Waals surface area contributed by atoms with E-state index in [9.17, 15) is 14.4 Å². The first-order valence-corrected chi connectivity index (χ1v) is 11.3. The largest absolute Gasteiger partial charge is 0.348 e. The van der Waals surface area contributed by atoms with Crippen LogP contribution in [0, 0.1) is 11.8 Å². The molecule has 0 bridgehead atoms. The number of nitrogens with one attached hydrogen (secondary N) is 3. The molecule has 1 aromatic heterocycles. The Morgan fingerprint density at radius 1 is 1.21 bits per heavy atom. The number of amides is 4. The second kappa shape index (κ2) is 6.99. The van der Waals surface area contributed by atoms with E-state index in [4.69, 9.17) is 11.6 Å². The highest BCUT2D eigenvalue weighted by Gasteiger charge is 2.57. The number of imide groups is 1. The van der Waals surface area contributed by atoms with Gasteiger partial charge < -0.3 is 10.6 Å². The van der Waals surface area contributed by atoms with Gasteiger partial charge in [-0.1, -0.05) is 30.5 Å². The van der Waals surface area contributed by atoms with Gasteiger partial charge in [-0.2, -0.15) is 0 Å². The minimum atomic E-state index is -0.893. The van der Waals surface area contributed by atoms with Crippen molar-refractivity contribution < 1.29 is 14.4 Å². The summed E-state index contributed by atoms with van der Waals surface area (Å²) in [4.78, 5) is 37.6. The van der Waals surface area contributed by atoms with Gasteiger partial charge in [0, 0.05) is 20.5 Å². The lowest BCUT2D eigenvalue weighted by atomic mass is 9.67. The smallest absolute Gasteiger partial charge is 0.322 e. The minimum Gasteiger partial charge on any atom is -0.348 e. The first kappa shape index (κ1) is 18.9. The number of rotatable bonds is 4. The van der Waals surface area contributed by atoms with Crippen molar-refractivity contribution in [3.05, 3.63) is 34.2 Å². The molecule has 1 spiro atoms. The summed E-state index contributed by atoms with van der Waals surface area (Å²) in [6, 6.07) is 7.54. The van der Waals surface area contributed by atoms with Crippen molar-refractivity contribution in [2.45, 2.75) is 50.1 Å². The predicted molar refractivity (Wildman–Crippen MR) is 112 cm³/mol. The SMILES string of the molecule is O=C1NC(=O)C2(CC(C(=O)N[C@H](c3cc4ccc(Cl)cc4s3)C3CCCC3)C2)N1. The topological polar surface area (TPSA) is 87.3 Å². The van der Waals surface area contributed by atoms with Crippen LogP contribution in [0.5, 0.6) is 0 Å². The number of carbonyl (C=O) groups excluding carboxylic acids is 3. The molecule has 2 aromatic rings. The van der Waals surface area contributed by atoms with E-state index >= 15 is 0 Å². The Morgan fingerprint density at radius 3 is 2.66 bits per heavy atom. The molecular weight excluding hydrogens is 410 g/mol. The van der Waals surface area contributed by atoms with Crippen LogP contribution in [0.2, 0.25) is 5.02 Å². The number of urea groups is 1. The summed E-state index contributed by atoms with van der Waals surface area (Å²) >= 11 is 7.83. The number of fused-ring (bicyclic) bond motifs is 1. The van der Waals surface area contributed by atoms with Crippen LogP contribution in [-0.4, -0.2) is 23.4 Å². The molecule has 1 aliphatic heterocycles. The summed E-state index contributed by atoms with van der Waals surface area (Å²) in [5.74, 6) is -0.185. The molecule has 8 heteroatoms. The molecule has 29 heavy (non-hydrogen) atoms. The molecule has 1 atom stereocenters. The second-order valence-corrected chi connectivity index (χ2v) is 10.0. The Balaban J connectivity index is 1.34. The maximum absolute atomic E-state index is 13.0. The van der Waals surface area contributed by atoms with Crippen LogP contribution in [0.15, 0.2) is 24.3 Å². The number of benzene rings is 1. The molecule has 3 fully saturated rings. The Morgan fingerprint density at radius 2 is 1.97 bits per heavy atom. The van der Waals surface area contributed by atoms with E-state index in [0.717, 1.165) is 27.8 Å². The van der Waals surface area contributed by atoms with Gasteiger partial charge in [-0.3, -0.25) is 14.9 Å². The predicted octanol–water partition coefficient (Wildman–Crippen LogP) is 3.89. The van der Waals surface area contributed by atoms with Gasteiger partial charge in [0.15, 0.2) is 0 Å². The van der Waals surface area contributed by atoms with Crippen LogP contribution in [0.3, 0.4) is 0 Å². The average molecular weight is 432 g/mol. The van der Waals surface area contributed by atoms with Crippen LogP contribution in [-0.2, 0) is 9.59 Å². The van der Waals surface area contributed by atoms with Gasteiger partial charge in [-0.15, -0.1) is 11.3 Å². The third-order valence-corrected chi connectivity index (χ3v) is 7.97. The number of thiophene rings is 1. The highest BCUT2D eigenvalue weighted by atomic mass is 35.5. The van der Waals surface area contributed by atoms with Crippen molar-refractivity contribution in [2.75, 3.05) is 0 Å². The van der Waals surface area contributed by atoms with Gasteiger partial charge in [0.1, 0.15) is 5.54 Å². The van der Waals surface area contributed by atoms with Crippen molar-refractivity contribution in [3.63, 3.8) is 0 Å². The highest BCUT2D eigenvalue weighted by molar-refractivity contribution is 7.19. The van der Waals surface area contributed by atoms with Crippen molar-refractivity contribution in [1.82, 2.24) is 16.0 Å². The third kappa shape index (κ3) is 3.30. The van der Waals surface area contributed by atoms with Crippen LogP contribution in [0.4, 0.5) is 4.79 Å². The number of hydrogen-bond acceptors (Lipinski definition) is 4. The lowest BCUT2D eigenvalue weighted by Crippen LogP contribution is -2.60. The first-order valence-electron chi connectivity index (χ1n) is 10.1. The first-order chi connectivity index (χ1) is 13.9. The van der Waals surface area contributed by atoms with E-state index in [1.807, 2.05) is 18.2 Å². The molecule has 2 saturated carbocycles. The fraction of sp³-hybridized carbons (Fsp3) is 0.476. The van der Waals surface area contributed by atoms with Crippen LogP contribution in [0.1, 0.15) is 49.4 Å². The van der Waals surface area contributed by atoms with E-state index in [1.165, 1.54) is 12.8 Å². The Hall–Kier alpha value is -2.12. The summed E-state index contributed by atoms with van der Waals surface area (Å²) in [7, 11) is 0. The van der Waals surface area contributed by atoms with Crippen molar-refractivity contribution in [2.24, 2.45) is 11.8 Å². The van der Waals surface area contributed by atoms with E-state index in [1.54, 1.807) is 11.3 Å². The van der Waals surface area contributed by atoms with E-state index in [2.05, 4.69) is 22.0 Å². The normalized spacial score (nSPS) is 27.7. The molecule has 1 saturated heterocycles. The third-order valence-electron chi connectivity index (χ3n) is 6.55. The summed E-state index contributed by atoms with van der Waals surface area (Å²) in [6.07, 6.45) is 5.30. The van der Waals surface area contributed by atoms with Crippen LogP contribution in [0.25, 0.3) is 10.1 Å². The van der Waals surface area contributed by atoms with Crippen LogP contribution >= 0.6 is 22.9 Å². The van der Waals surface area contributed by atoms with Crippen LogP contribution < -0.4 is 16.0 Å². The maximum atomic E-state index is 13.0. The average Bonchev–Trinajstić information content (AvgIpc) is 3.36. The molecule has 2 aliphatic carbocycles. The minimum absolute atomic E-state index is 0.0234. The molecule has 152 valence electrons. The van der Waals surface area contributed by atoms with E-state index < -0.39 is 11.6 Å². The Bertz CT molecular complexity index is 1010. The number of carbonyl (C=O) groups is 3. The highest BCUT2D eigenvalue weighted by Crippen LogP contribution is 2.43. The monoisotopic (exact) mass is 431 g/mol. The quantitative estimate of drug-likeness (QED) is 0.642. The number of halogens is 1. The van der Waals surface area contributed by atoms with Crippen molar-refractivity contribution in [3.8, 4) is 0 Å². The molecule has 4 amide bonds. The molecule has 6 nitrogen and oxygen atoms in total. The van der Waals surface area contributed by atoms with Gasteiger partial charge in [-0.05, 0) is 55.2 Å². The lowest BCUT2D eigenvalue weighted by Gasteiger charge is -2.42. The zero-order valence-corrected chi connectivity index (χ0v) is 17.4. The summed E-state index contributed by atoms with van der Waals surface area (Å²) in [6.45, 7) is 0. The molecule has 2 heterocycles. The standard InChI is InChI=1S/C21H22ClN3O3S/c22-14-6-5-12-7-16(29-15(12)8-14)17(11-3-1-2-4-11)23-18(26)13-9-21(10-13)19(27)24-20(28)25-21/h5-8,11,13,17H,1-4,9-10H2,(H,23,26)(H2,24,25,27,28)/t13?,17-,21?/m0/s1. The van der Waals surface area contributed by atoms with E-state index in [-0.39, 0.29) is 23.8 Å². The summed E-state index contributed by atoms with van der Waals surface area (Å²) < 4.78 is 1.12. The Kier molecular flexibility index (Phi) is 4.55. The molecule has 0 unspecified atom stereocenters. The van der Waals surface area contributed by atoms with Gasteiger partial charge in [0.2, 0.25) is 5.91 Å². The Labute approximate surface area is 177 Å². The van der Waals surface area contributed by atoms with Gasteiger partial charge in [0.05, 0.1) is 6.04 Å². The van der Waals surface area contributed by atoms with Gasteiger partial charge in [-0.25, -0.2) is 4.79 Å². The fourth-order valence-corrected chi connectivity index (χ4v) is 6.43. The summed E-state index contributed by atoms with van der Waals surface area (Å²) in [5.41, 5.74) is -0.893. The van der Waals surface area contributed by atoms with Gasteiger partial charge >= 0.3 is 6.03 Å². The molecule has 0 radical (unpaired) electrons. The lowest BCUT2D eigenvalue weighted by molar-refractivity contribution is -0.137. The van der Waals surface area contributed by atoms with Gasteiger partial charge in [0.25, 0.3) is 5.91 Å². The number of hydrogen-bond donors (Lipinski definition) is 3. The zero-order chi connectivity index (χ0) is 20.2. The second-order valence-electron chi connectivity index (χ2n) is 8.46. The van der Waals surface area contributed by atoms with Crippen molar-refractivity contribution >= 4 is 50.9 Å². The van der Waals surface area contributed by atoms with E-state index in [0.29, 0.717) is 23.8 Å². The summed E-state index contributed by atoms with van der Waals surface area (Å²) in [5, 5.41) is 10.1. The molecular formula is C21H22ClN3O3S. The zero-order valence-electron chi connectivity index (χ0n) is 15.8. The molecule has 1 aromatic carbocycles.